The smallest absolute Gasteiger partial charge is 0.174 e. The van der Waals surface area contributed by atoms with Gasteiger partial charge in [0.25, 0.3) is 0 Å². The second-order valence-electron chi connectivity index (χ2n) is 8.02. The van der Waals surface area contributed by atoms with E-state index in [4.69, 9.17) is 4.74 Å². The van der Waals surface area contributed by atoms with E-state index in [-0.39, 0.29) is 0 Å². The summed E-state index contributed by atoms with van der Waals surface area (Å²) in [6, 6.07) is 1.82. The Morgan fingerprint density at radius 3 is 1.65 bits per heavy atom. The molecule has 2 heteroatoms. The van der Waals surface area contributed by atoms with Crippen LogP contribution in [0.4, 0.5) is 0 Å². The third-order valence-electron chi connectivity index (χ3n) is 5.67. The molecule has 0 spiro atoms. The summed E-state index contributed by atoms with van der Waals surface area (Å²) in [5, 5.41) is 10.4. The summed E-state index contributed by atoms with van der Waals surface area (Å²) >= 11 is 0. The summed E-state index contributed by atoms with van der Waals surface area (Å²) in [5.41, 5.74) is 2.47. The zero-order chi connectivity index (χ0) is 18.6. The number of unbranched alkanes of at least 4 members (excludes halogenated alkanes) is 12. The van der Waals surface area contributed by atoms with Crippen LogP contribution in [0.15, 0.2) is 6.07 Å². The first kappa shape index (κ1) is 21.1. The molecule has 148 valence electrons. The van der Waals surface area contributed by atoms with Crippen LogP contribution in [0.2, 0.25) is 0 Å². The van der Waals surface area contributed by atoms with Crippen molar-refractivity contribution in [1.29, 1.82) is 0 Å². The van der Waals surface area contributed by atoms with Gasteiger partial charge in [-0.15, -0.1) is 0 Å². The van der Waals surface area contributed by atoms with Gasteiger partial charge in [-0.05, 0) is 25.7 Å². The molecule has 1 aromatic rings. The maximum absolute atomic E-state index is 10.4. The van der Waals surface area contributed by atoms with Crippen LogP contribution >= 0.6 is 0 Å². The normalized spacial score (nSPS) is 12.1. The van der Waals surface area contributed by atoms with Crippen molar-refractivity contribution in [3.63, 3.8) is 0 Å². The van der Waals surface area contributed by atoms with Crippen LogP contribution in [0.25, 0.3) is 0 Å². The van der Waals surface area contributed by atoms with E-state index in [1.54, 1.807) is 0 Å². The van der Waals surface area contributed by atoms with Gasteiger partial charge in [0, 0.05) is 17.2 Å². The molecule has 0 radical (unpaired) electrons. The molecule has 1 aliphatic heterocycles. The van der Waals surface area contributed by atoms with Crippen molar-refractivity contribution in [3.8, 4) is 17.2 Å². The number of phenolic OH excluding ortho intramolecular Hbond substituents is 1. The molecule has 1 N–H and O–H groups in total. The summed E-state index contributed by atoms with van der Waals surface area (Å²) in [5.74, 6) is 2.44. The Labute approximate surface area is 161 Å². The number of benzene rings is 1. The van der Waals surface area contributed by atoms with Crippen molar-refractivity contribution < 1.29 is 9.84 Å². The van der Waals surface area contributed by atoms with Gasteiger partial charge in [-0.2, -0.15) is 0 Å². The molecule has 0 aliphatic carbocycles. The lowest BCUT2D eigenvalue weighted by atomic mass is 9.95. The van der Waals surface area contributed by atoms with E-state index in [0.717, 1.165) is 24.3 Å². The molecule has 2 rings (SSSR count). The van der Waals surface area contributed by atoms with Crippen LogP contribution in [-0.2, 0) is 12.8 Å². The Bertz CT molecular complexity index is 521. The van der Waals surface area contributed by atoms with Crippen LogP contribution in [-0.4, -0.2) is 5.11 Å². The molecule has 2 nitrogen and oxygen atoms in total. The maximum Gasteiger partial charge on any atom is 0.174 e. The highest BCUT2D eigenvalue weighted by atomic mass is 16.6. The third kappa shape index (κ3) is 7.21. The van der Waals surface area contributed by atoms with Crippen molar-refractivity contribution >= 4 is 0 Å². The van der Waals surface area contributed by atoms with Crippen molar-refractivity contribution in [1.82, 2.24) is 0 Å². The van der Waals surface area contributed by atoms with E-state index < -0.39 is 0 Å². The van der Waals surface area contributed by atoms with Crippen molar-refractivity contribution in [3.05, 3.63) is 17.2 Å². The monoisotopic (exact) mass is 360 g/mol. The number of phenols is 1. The number of fused-ring (bicyclic) bond motifs is 1. The minimum atomic E-state index is 0.463. The number of aromatic hydroxyl groups is 1. The van der Waals surface area contributed by atoms with E-state index in [1.807, 2.05) is 6.07 Å². The first-order chi connectivity index (χ1) is 12.8. The molecular formula is C24H40O2. The fourth-order valence-corrected chi connectivity index (χ4v) is 3.95. The van der Waals surface area contributed by atoms with Gasteiger partial charge in [-0.3, -0.25) is 0 Å². The predicted octanol–water partition coefficient (Wildman–Crippen LogP) is 8.08. The molecule has 1 aliphatic rings. The van der Waals surface area contributed by atoms with Crippen LogP contribution in [0, 0.1) is 0 Å². The summed E-state index contributed by atoms with van der Waals surface area (Å²) < 4.78 is 5.61. The maximum atomic E-state index is 10.4. The van der Waals surface area contributed by atoms with Crippen LogP contribution < -0.4 is 4.74 Å². The topological polar surface area (TPSA) is 32.8 Å². The highest BCUT2D eigenvalue weighted by Crippen LogP contribution is 2.53. The zero-order valence-corrected chi connectivity index (χ0v) is 17.2. The predicted molar refractivity (Wildman–Crippen MR) is 112 cm³/mol. The van der Waals surface area contributed by atoms with Gasteiger partial charge in [-0.25, -0.2) is 0 Å². The number of hydrogen-bond acceptors (Lipinski definition) is 2. The third-order valence-corrected chi connectivity index (χ3v) is 5.67. The second-order valence-corrected chi connectivity index (χ2v) is 8.02. The molecule has 26 heavy (non-hydrogen) atoms. The molecule has 0 fully saturated rings. The first-order valence-corrected chi connectivity index (χ1v) is 11.3. The second kappa shape index (κ2) is 12.3. The van der Waals surface area contributed by atoms with E-state index in [0.29, 0.717) is 5.75 Å². The lowest BCUT2D eigenvalue weighted by Gasteiger charge is -2.10. The minimum Gasteiger partial charge on any atom is -0.508 e. The molecule has 0 bridgehead atoms. The van der Waals surface area contributed by atoms with Crippen LogP contribution in [0.1, 0.15) is 115 Å². The van der Waals surface area contributed by atoms with Crippen molar-refractivity contribution in [2.45, 2.75) is 117 Å². The summed E-state index contributed by atoms with van der Waals surface area (Å²) in [4.78, 5) is 0. The standard InChI is InChI=1S/C24H40O2/c1-3-5-7-9-11-12-14-15-17-20-21(18-16-13-10-8-6-4-2)24-23(26-24)19-22(20)25/h19,25H,3-18H2,1-2H3. The lowest BCUT2D eigenvalue weighted by Crippen LogP contribution is -1.95. The molecule has 1 aromatic carbocycles. The van der Waals surface area contributed by atoms with Gasteiger partial charge < -0.3 is 9.84 Å². The average Bonchev–Trinajstić information content (AvgIpc) is 3.40. The molecule has 0 unspecified atom stereocenters. The van der Waals surface area contributed by atoms with Gasteiger partial charge in [0.1, 0.15) is 5.75 Å². The quantitative estimate of drug-likeness (QED) is 0.242. The molecule has 0 aromatic heterocycles. The fraction of sp³-hybridized carbons (Fsp3) is 0.750. The van der Waals surface area contributed by atoms with Gasteiger partial charge in [0.05, 0.1) is 0 Å². The number of rotatable bonds is 16. The Morgan fingerprint density at radius 2 is 1.12 bits per heavy atom. The SMILES string of the molecule is CCCCCCCCCCc1c(O)cc2c(c1CCCCCCCC)O2. The van der Waals surface area contributed by atoms with E-state index in [2.05, 4.69) is 13.8 Å². The van der Waals surface area contributed by atoms with Gasteiger partial charge in [0.15, 0.2) is 11.5 Å². The van der Waals surface area contributed by atoms with Crippen molar-refractivity contribution in [2.75, 3.05) is 0 Å². The molecule has 0 saturated heterocycles. The number of hydrogen-bond donors (Lipinski definition) is 1. The van der Waals surface area contributed by atoms with Gasteiger partial charge in [0.2, 0.25) is 0 Å². The largest absolute Gasteiger partial charge is 0.508 e. The Balaban J connectivity index is 1.71. The fourth-order valence-electron chi connectivity index (χ4n) is 3.95. The lowest BCUT2D eigenvalue weighted by molar-refractivity contribution is 0.464. The molecule has 1 heterocycles. The molecular weight excluding hydrogens is 320 g/mol. The van der Waals surface area contributed by atoms with Crippen molar-refractivity contribution in [2.24, 2.45) is 0 Å². The zero-order valence-electron chi connectivity index (χ0n) is 17.2. The summed E-state index contributed by atoms with van der Waals surface area (Å²) in [6.07, 6.45) is 20.6. The Morgan fingerprint density at radius 1 is 0.654 bits per heavy atom. The van der Waals surface area contributed by atoms with E-state index >= 15 is 0 Å². The molecule has 0 amide bonds. The van der Waals surface area contributed by atoms with Crippen LogP contribution in [0.5, 0.6) is 17.2 Å². The highest BCUT2D eigenvalue weighted by Gasteiger charge is 2.29. The molecule has 0 saturated carbocycles. The average molecular weight is 361 g/mol. The Hall–Kier alpha value is -1.18. The Kier molecular flexibility index (Phi) is 9.95. The minimum absolute atomic E-state index is 0.463. The highest BCUT2D eigenvalue weighted by molar-refractivity contribution is 5.66. The van der Waals surface area contributed by atoms with Gasteiger partial charge in [-0.1, -0.05) is 90.9 Å². The first-order valence-electron chi connectivity index (χ1n) is 11.3. The number of ether oxygens (including phenoxy) is 1. The summed E-state index contributed by atoms with van der Waals surface area (Å²) in [7, 11) is 0. The summed E-state index contributed by atoms with van der Waals surface area (Å²) in [6.45, 7) is 4.53. The van der Waals surface area contributed by atoms with Crippen LogP contribution in [0.3, 0.4) is 0 Å². The van der Waals surface area contributed by atoms with Gasteiger partial charge >= 0.3 is 0 Å². The molecule has 0 atom stereocenters. The van der Waals surface area contributed by atoms with E-state index in [9.17, 15) is 5.11 Å². The van der Waals surface area contributed by atoms with E-state index in [1.165, 1.54) is 101 Å².